The molecule has 1 heterocycles. The van der Waals surface area contributed by atoms with E-state index >= 15 is 0 Å². The van der Waals surface area contributed by atoms with Crippen LogP contribution < -0.4 is 5.32 Å². The third-order valence-corrected chi connectivity index (χ3v) is 3.91. The maximum atomic E-state index is 14.0. The number of halogens is 4. The summed E-state index contributed by atoms with van der Waals surface area (Å²) in [6.07, 6.45) is 2.17. The SMILES string of the molecule is Cl.Cl.Fc1cccc(F)c1[C@@H](C1CC1)N1CCNCC1. The maximum absolute atomic E-state index is 14.0. The second kappa shape index (κ2) is 7.55. The van der Waals surface area contributed by atoms with E-state index in [1.807, 2.05) is 0 Å². The topological polar surface area (TPSA) is 15.3 Å². The molecule has 0 spiro atoms. The van der Waals surface area contributed by atoms with Gasteiger partial charge in [0.05, 0.1) is 0 Å². The van der Waals surface area contributed by atoms with Crippen molar-refractivity contribution in [2.75, 3.05) is 26.2 Å². The summed E-state index contributed by atoms with van der Waals surface area (Å²) in [5.74, 6) is -0.370. The Hall–Kier alpha value is -0.420. The molecule has 0 bridgehead atoms. The predicted octanol–water partition coefficient (Wildman–Crippen LogP) is 3.16. The Kier molecular flexibility index (Phi) is 6.65. The Morgan fingerprint density at radius 3 is 2.10 bits per heavy atom. The van der Waals surface area contributed by atoms with Crippen molar-refractivity contribution in [3.8, 4) is 0 Å². The highest BCUT2D eigenvalue weighted by Gasteiger charge is 2.39. The average Bonchev–Trinajstić information content (AvgIpc) is 3.19. The molecule has 6 heteroatoms. The lowest BCUT2D eigenvalue weighted by molar-refractivity contribution is 0.149. The maximum Gasteiger partial charge on any atom is 0.130 e. The number of piperazine rings is 1. The highest BCUT2D eigenvalue weighted by molar-refractivity contribution is 5.85. The van der Waals surface area contributed by atoms with Crippen molar-refractivity contribution in [1.82, 2.24) is 10.2 Å². The van der Waals surface area contributed by atoms with Crippen LogP contribution in [0.15, 0.2) is 18.2 Å². The monoisotopic (exact) mass is 324 g/mol. The van der Waals surface area contributed by atoms with Crippen molar-refractivity contribution in [2.45, 2.75) is 18.9 Å². The Morgan fingerprint density at radius 1 is 1.05 bits per heavy atom. The molecule has 114 valence electrons. The summed E-state index contributed by atoms with van der Waals surface area (Å²) >= 11 is 0. The molecule has 2 nitrogen and oxygen atoms in total. The minimum absolute atomic E-state index is 0. The van der Waals surface area contributed by atoms with Gasteiger partial charge in [-0.2, -0.15) is 0 Å². The summed E-state index contributed by atoms with van der Waals surface area (Å²) in [5, 5.41) is 3.28. The van der Waals surface area contributed by atoms with Crippen molar-refractivity contribution >= 4 is 24.8 Å². The first-order valence-electron chi connectivity index (χ1n) is 6.66. The van der Waals surface area contributed by atoms with Crippen LogP contribution >= 0.6 is 24.8 Å². The minimum Gasteiger partial charge on any atom is -0.314 e. The van der Waals surface area contributed by atoms with Gasteiger partial charge in [-0.05, 0) is 30.9 Å². The third kappa shape index (κ3) is 3.61. The molecule has 2 fully saturated rings. The summed E-state index contributed by atoms with van der Waals surface area (Å²) in [6.45, 7) is 3.54. The van der Waals surface area contributed by atoms with Gasteiger partial charge in [-0.3, -0.25) is 4.90 Å². The van der Waals surface area contributed by atoms with Crippen LogP contribution in [0.4, 0.5) is 8.78 Å². The normalized spacial score (nSPS) is 20.7. The van der Waals surface area contributed by atoms with Crippen LogP contribution in [0.3, 0.4) is 0 Å². The number of benzene rings is 1. The zero-order valence-corrected chi connectivity index (χ0v) is 12.8. The fraction of sp³-hybridized carbons (Fsp3) is 0.571. The molecule has 0 amide bonds. The molecule has 1 saturated heterocycles. The molecule has 1 saturated carbocycles. The molecule has 1 atom stereocenters. The van der Waals surface area contributed by atoms with Gasteiger partial charge in [0, 0.05) is 37.8 Å². The molecule has 20 heavy (non-hydrogen) atoms. The van der Waals surface area contributed by atoms with Crippen LogP contribution in [0.2, 0.25) is 0 Å². The highest BCUT2D eigenvalue weighted by Crippen LogP contribution is 2.45. The van der Waals surface area contributed by atoms with Gasteiger partial charge in [0.2, 0.25) is 0 Å². The van der Waals surface area contributed by atoms with Crippen LogP contribution in [0.1, 0.15) is 24.4 Å². The number of nitrogens with zero attached hydrogens (tertiary/aromatic N) is 1. The van der Waals surface area contributed by atoms with Crippen LogP contribution in [-0.4, -0.2) is 31.1 Å². The van der Waals surface area contributed by atoms with Gasteiger partial charge in [0.25, 0.3) is 0 Å². The van der Waals surface area contributed by atoms with Crippen LogP contribution in [0.25, 0.3) is 0 Å². The van der Waals surface area contributed by atoms with Crippen molar-refractivity contribution in [3.05, 3.63) is 35.4 Å². The summed E-state index contributed by atoms with van der Waals surface area (Å²) < 4.78 is 27.9. The minimum atomic E-state index is -0.398. The van der Waals surface area contributed by atoms with E-state index in [4.69, 9.17) is 0 Å². The largest absolute Gasteiger partial charge is 0.314 e. The number of hydrogen-bond donors (Lipinski definition) is 1. The smallest absolute Gasteiger partial charge is 0.130 e. The van der Waals surface area contributed by atoms with Gasteiger partial charge >= 0.3 is 0 Å². The van der Waals surface area contributed by atoms with Gasteiger partial charge in [0.15, 0.2) is 0 Å². The lowest BCUT2D eigenvalue weighted by Crippen LogP contribution is -2.46. The molecule has 1 aliphatic carbocycles. The molecule has 0 aromatic heterocycles. The number of hydrogen-bond acceptors (Lipinski definition) is 2. The first kappa shape index (κ1) is 17.6. The van der Waals surface area contributed by atoms with Crippen LogP contribution in [0.5, 0.6) is 0 Å². The number of rotatable bonds is 3. The summed E-state index contributed by atoms with van der Waals surface area (Å²) in [6, 6.07) is 4.11. The molecular weight excluding hydrogens is 305 g/mol. The van der Waals surface area contributed by atoms with E-state index in [1.54, 1.807) is 0 Å². The molecule has 1 N–H and O–H groups in total. The first-order valence-corrected chi connectivity index (χ1v) is 6.66. The Morgan fingerprint density at radius 2 is 1.60 bits per heavy atom. The van der Waals surface area contributed by atoms with Crippen molar-refractivity contribution in [2.24, 2.45) is 5.92 Å². The fourth-order valence-electron chi connectivity index (χ4n) is 2.88. The zero-order valence-electron chi connectivity index (χ0n) is 11.1. The summed E-state index contributed by atoms with van der Waals surface area (Å²) in [5.41, 5.74) is 0.280. The van der Waals surface area contributed by atoms with Gasteiger partial charge in [-0.25, -0.2) is 8.78 Å². The predicted molar refractivity (Wildman–Crippen MR) is 80.8 cm³/mol. The molecule has 1 aliphatic heterocycles. The molecule has 2 aliphatic rings. The van der Waals surface area contributed by atoms with Crippen molar-refractivity contribution < 1.29 is 8.78 Å². The molecule has 1 aromatic carbocycles. The van der Waals surface area contributed by atoms with Crippen molar-refractivity contribution in [1.29, 1.82) is 0 Å². The lowest BCUT2D eigenvalue weighted by atomic mass is 9.98. The van der Waals surface area contributed by atoms with E-state index in [9.17, 15) is 8.78 Å². The molecule has 3 rings (SSSR count). The van der Waals surface area contributed by atoms with Crippen molar-refractivity contribution in [3.63, 3.8) is 0 Å². The molecular formula is C14H20Cl2F2N2. The Balaban J connectivity index is 0.000001000. The first-order chi connectivity index (χ1) is 8.77. The van der Waals surface area contributed by atoms with E-state index in [1.165, 1.54) is 18.2 Å². The molecule has 1 aromatic rings. The quantitative estimate of drug-likeness (QED) is 0.918. The van der Waals surface area contributed by atoms with Gasteiger partial charge in [-0.1, -0.05) is 6.07 Å². The van der Waals surface area contributed by atoms with Crippen LogP contribution in [-0.2, 0) is 0 Å². The Labute approximate surface area is 130 Å². The van der Waals surface area contributed by atoms with E-state index in [-0.39, 0.29) is 36.4 Å². The van der Waals surface area contributed by atoms with E-state index < -0.39 is 11.6 Å². The molecule has 0 unspecified atom stereocenters. The highest BCUT2D eigenvalue weighted by atomic mass is 35.5. The fourth-order valence-corrected chi connectivity index (χ4v) is 2.88. The standard InChI is InChI=1S/C14H18F2N2.2ClH/c15-11-2-1-3-12(16)13(11)14(10-4-5-10)18-8-6-17-7-9-18;;/h1-3,10,14,17H,4-9H2;2*1H/t14-;;/m1../s1. The van der Waals surface area contributed by atoms with E-state index in [0.29, 0.717) is 5.92 Å². The average molecular weight is 325 g/mol. The van der Waals surface area contributed by atoms with Gasteiger partial charge in [-0.15, -0.1) is 24.8 Å². The second-order valence-electron chi connectivity index (χ2n) is 5.20. The lowest BCUT2D eigenvalue weighted by Gasteiger charge is -2.35. The van der Waals surface area contributed by atoms with Crippen LogP contribution in [0, 0.1) is 17.6 Å². The summed E-state index contributed by atoms with van der Waals surface area (Å²) in [4.78, 5) is 2.23. The second-order valence-corrected chi connectivity index (χ2v) is 5.20. The summed E-state index contributed by atoms with van der Waals surface area (Å²) in [7, 11) is 0. The van der Waals surface area contributed by atoms with Gasteiger partial charge < -0.3 is 5.32 Å². The number of nitrogens with one attached hydrogen (secondary N) is 1. The third-order valence-electron chi connectivity index (χ3n) is 3.91. The Bertz CT molecular complexity index is 415. The van der Waals surface area contributed by atoms with E-state index in [2.05, 4.69) is 10.2 Å². The molecule has 0 radical (unpaired) electrons. The van der Waals surface area contributed by atoms with Gasteiger partial charge in [0.1, 0.15) is 11.6 Å². The van der Waals surface area contributed by atoms with E-state index in [0.717, 1.165) is 39.0 Å². The zero-order chi connectivity index (χ0) is 12.5.